The van der Waals surface area contributed by atoms with Gasteiger partial charge in [-0.05, 0) is 90.2 Å². The fraction of sp³-hybridized carbons (Fsp3) is 0.767. The van der Waals surface area contributed by atoms with Crippen molar-refractivity contribution in [2.45, 2.75) is 123 Å². The van der Waals surface area contributed by atoms with Crippen LogP contribution in [0, 0.1) is 0 Å². The zero-order chi connectivity index (χ0) is 29.3. The minimum atomic E-state index is -1.79. The van der Waals surface area contributed by atoms with Gasteiger partial charge < -0.3 is 27.9 Å². The van der Waals surface area contributed by atoms with Gasteiger partial charge >= 0.3 is 7.12 Å². The van der Waals surface area contributed by atoms with Gasteiger partial charge in [0.25, 0.3) is 0 Å². The van der Waals surface area contributed by atoms with Crippen LogP contribution in [-0.4, -0.2) is 68.9 Å². The van der Waals surface area contributed by atoms with Crippen LogP contribution in [0.4, 0.5) is 0 Å². The first-order valence-electron chi connectivity index (χ1n) is 15.0. The normalized spacial score (nSPS) is 22.1. The smallest absolute Gasteiger partial charge is 0.493 e. The van der Waals surface area contributed by atoms with E-state index in [2.05, 4.69) is 80.6 Å². The molecule has 0 aliphatic carbocycles. The predicted octanol–water partition coefficient (Wildman–Crippen LogP) is 6.23. The SMILES string of the molecule is C[C@@H](COCCCOc1ccc2c(c1)c(B1OC(C)(C)C(C)(C)O1)nn2C1CCCCO1)O[Si](C)(C)C(C)(C)C. The minimum absolute atomic E-state index is 0.0839. The van der Waals surface area contributed by atoms with Gasteiger partial charge in [0, 0.05) is 25.0 Å². The first-order valence-corrected chi connectivity index (χ1v) is 17.9. The summed E-state index contributed by atoms with van der Waals surface area (Å²) in [5, 5.41) is 6.17. The van der Waals surface area contributed by atoms with E-state index in [-0.39, 0.29) is 17.4 Å². The zero-order valence-electron chi connectivity index (χ0n) is 26.5. The monoisotopic (exact) mass is 574 g/mol. The molecule has 0 saturated carbocycles. The molecule has 8 nitrogen and oxygen atoms in total. The summed E-state index contributed by atoms with van der Waals surface area (Å²) in [6.07, 6.45) is 3.95. The number of rotatable bonds is 11. The number of hydrogen-bond acceptors (Lipinski definition) is 7. The number of ether oxygens (including phenoxy) is 3. The van der Waals surface area contributed by atoms with E-state index in [9.17, 15) is 0 Å². The summed E-state index contributed by atoms with van der Waals surface area (Å²) in [7, 11) is -2.35. The molecule has 2 aliphatic heterocycles. The van der Waals surface area contributed by atoms with Gasteiger partial charge in [0.2, 0.25) is 0 Å². The molecule has 0 N–H and O–H groups in total. The third-order valence-electron chi connectivity index (χ3n) is 8.97. The van der Waals surface area contributed by atoms with E-state index in [4.69, 9.17) is 33.0 Å². The molecule has 2 aromatic rings. The Hall–Kier alpha value is -1.43. The summed E-state index contributed by atoms with van der Waals surface area (Å²) >= 11 is 0. The number of aromatic nitrogens is 2. The second-order valence-electron chi connectivity index (χ2n) is 13.9. The minimum Gasteiger partial charge on any atom is -0.493 e. The van der Waals surface area contributed by atoms with Crippen molar-refractivity contribution in [3.63, 3.8) is 0 Å². The number of hydrogen-bond donors (Lipinski definition) is 0. The molecule has 1 aromatic carbocycles. The third kappa shape index (κ3) is 6.95. The molecule has 0 radical (unpaired) electrons. The summed E-state index contributed by atoms with van der Waals surface area (Å²) in [6.45, 7) is 24.2. The highest BCUT2D eigenvalue weighted by atomic mass is 28.4. The molecule has 4 rings (SSSR count). The first-order chi connectivity index (χ1) is 18.6. The molecule has 0 spiro atoms. The summed E-state index contributed by atoms with van der Waals surface area (Å²) < 4.78 is 39.3. The highest BCUT2D eigenvalue weighted by Crippen LogP contribution is 2.38. The second-order valence-corrected chi connectivity index (χ2v) is 18.6. The fourth-order valence-corrected chi connectivity index (χ4v) is 6.24. The lowest BCUT2D eigenvalue weighted by molar-refractivity contribution is -0.0364. The summed E-state index contributed by atoms with van der Waals surface area (Å²) in [5.74, 6) is 0.795. The van der Waals surface area contributed by atoms with Gasteiger partial charge in [-0.3, -0.25) is 0 Å². The van der Waals surface area contributed by atoms with Crippen LogP contribution in [0.5, 0.6) is 5.75 Å². The van der Waals surface area contributed by atoms with E-state index in [1.54, 1.807) is 0 Å². The van der Waals surface area contributed by atoms with E-state index in [1.807, 2.05) is 10.7 Å². The topological polar surface area (TPSA) is 73.2 Å². The molecule has 10 heteroatoms. The quantitative estimate of drug-likeness (QED) is 0.233. The van der Waals surface area contributed by atoms with Gasteiger partial charge in [0.05, 0.1) is 36.0 Å². The molecule has 2 atom stereocenters. The maximum absolute atomic E-state index is 6.39. The molecule has 2 aliphatic rings. The maximum atomic E-state index is 6.39. The molecular formula is C30H51BN2O6Si. The van der Waals surface area contributed by atoms with Crippen LogP contribution >= 0.6 is 0 Å². The molecule has 2 saturated heterocycles. The zero-order valence-corrected chi connectivity index (χ0v) is 27.5. The van der Waals surface area contributed by atoms with Gasteiger partial charge in [-0.25, -0.2) is 4.68 Å². The fourth-order valence-electron chi connectivity index (χ4n) is 4.81. The van der Waals surface area contributed by atoms with Crippen molar-refractivity contribution in [3.8, 4) is 5.75 Å². The highest BCUT2D eigenvalue weighted by Gasteiger charge is 2.53. The van der Waals surface area contributed by atoms with E-state index in [0.717, 1.165) is 54.5 Å². The summed E-state index contributed by atoms with van der Waals surface area (Å²) in [4.78, 5) is 0. The largest absolute Gasteiger partial charge is 0.517 e. The van der Waals surface area contributed by atoms with Gasteiger partial charge in [-0.1, -0.05) is 20.8 Å². The van der Waals surface area contributed by atoms with Crippen molar-refractivity contribution in [1.29, 1.82) is 0 Å². The Bertz CT molecular complexity index is 1120. The standard InChI is InChI=1S/C30H51BN2O6Si/c1-22(37-40(9,10)28(2,3)4)21-34-17-13-19-35-23-15-16-25-24(20-23)27(31-38-29(5,6)30(7,8)39-31)32-33(25)26-14-11-12-18-36-26/h15-16,20,22,26H,11-14,17-19,21H2,1-10H3/t22-,26?/m0/s1. The van der Waals surface area contributed by atoms with E-state index < -0.39 is 26.6 Å². The second kappa shape index (κ2) is 12.1. The average molecular weight is 575 g/mol. The molecule has 0 bridgehead atoms. The molecular weight excluding hydrogens is 523 g/mol. The number of fused-ring (bicyclic) bond motifs is 1. The van der Waals surface area contributed by atoms with E-state index in [1.165, 1.54) is 0 Å². The highest BCUT2D eigenvalue weighted by molar-refractivity contribution is 6.74. The van der Waals surface area contributed by atoms with Crippen molar-refractivity contribution >= 4 is 31.9 Å². The average Bonchev–Trinajstić information content (AvgIpc) is 3.33. The van der Waals surface area contributed by atoms with Crippen LogP contribution in [-0.2, 0) is 23.2 Å². The summed E-state index contributed by atoms with van der Waals surface area (Å²) in [6, 6.07) is 6.13. The molecule has 2 fully saturated rings. The lowest BCUT2D eigenvalue weighted by Crippen LogP contribution is -2.44. The van der Waals surface area contributed by atoms with Crippen LogP contribution in [0.15, 0.2) is 18.2 Å². The van der Waals surface area contributed by atoms with Crippen LogP contribution < -0.4 is 10.3 Å². The van der Waals surface area contributed by atoms with Crippen LogP contribution in [0.2, 0.25) is 18.1 Å². The van der Waals surface area contributed by atoms with E-state index in [0.29, 0.717) is 19.8 Å². The Morgan fingerprint density at radius 2 is 1.80 bits per heavy atom. The van der Waals surface area contributed by atoms with Gasteiger partial charge in [0.15, 0.2) is 14.5 Å². The Morgan fingerprint density at radius 1 is 1.10 bits per heavy atom. The Labute approximate surface area is 242 Å². The van der Waals surface area contributed by atoms with Crippen molar-refractivity contribution in [2.24, 2.45) is 0 Å². The van der Waals surface area contributed by atoms with Gasteiger partial charge in [0.1, 0.15) is 11.3 Å². The van der Waals surface area contributed by atoms with Crippen molar-refractivity contribution in [1.82, 2.24) is 9.78 Å². The molecule has 224 valence electrons. The van der Waals surface area contributed by atoms with Gasteiger partial charge in [-0.2, -0.15) is 5.10 Å². The first kappa shape index (κ1) is 31.5. The molecule has 1 unspecified atom stereocenters. The van der Waals surface area contributed by atoms with Crippen LogP contribution in [0.25, 0.3) is 10.9 Å². The molecule has 1 aromatic heterocycles. The van der Waals surface area contributed by atoms with E-state index >= 15 is 0 Å². The Morgan fingerprint density at radius 3 is 2.42 bits per heavy atom. The van der Waals surface area contributed by atoms with Crippen molar-refractivity contribution < 1.29 is 27.9 Å². The predicted molar refractivity (Wildman–Crippen MR) is 163 cm³/mol. The Balaban J connectivity index is 1.39. The van der Waals surface area contributed by atoms with Crippen molar-refractivity contribution in [3.05, 3.63) is 18.2 Å². The molecule has 0 amide bonds. The Kier molecular flexibility index (Phi) is 9.49. The molecule has 3 heterocycles. The van der Waals surface area contributed by atoms with Crippen molar-refractivity contribution in [2.75, 3.05) is 26.4 Å². The lowest BCUT2D eigenvalue weighted by Gasteiger charge is -2.38. The number of benzene rings is 1. The molecule has 40 heavy (non-hydrogen) atoms. The lowest BCUT2D eigenvalue weighted by atomic mass is 9.82. The third-order valence-corrected chi connectivity index (χ3v) is 13.6. The van der Waals surface area contributed by atoms with Crippen LogP contribution in [0.3, 0.4) is 0 Å². The van der Waals surface area contributed by atoms with Gasteiger partial charge in [-0.15, -0.1) is 0 Å². The maximum Gasteiger partial charge on any atom is 0.517 e. The van der Waals surface area contributed by atoms with Crippen LogP contribution in [0.1, 0.15) is 87.3 Å². The number of nitrogens with zero attached hydrogens (tertiary/aromatic N) is 2. The summed E-state index contributed by atoms with van der Waals surface area (Å²) in [5.41, 5.74) is 0.878.